The smallest absolute Gasteiger partial charge is 0.383 e. The zero-order chi connectivity index (χ0) is 20.5. The number of hydrogen-bond donors (Lipinski definition) is 2. The molecule has 0 unspecified atom stereocenters. The third kappa shape index (κ3) is 4.28. The lowest BCUT2D eigenvalue weighted by molar-refractivity contribution is -0.173. The number of fused-ring (bicyclic) bond motifs is 1. The van der Waals surface area contributed by atoms with Crippen molar-refractivity contribution in [3.05, 3.63) is 45.0 Å². The highest BCUT2D eigenvalue weighted by atomic mass is 79.9. The molecule has 1 amide bonds. The molecule has 0 fully saturated rings. The Balaban J connectivity index is 1.96. The van der Waals surface area contributed by atoms with Crippen LogP contribution in [0.25, 0.3) is 0 Å². The van der Waals surface area contributed by atoms with E-state index in [1.165, 1.54) is 7.11 Å². The van der Waals surface area contributed by atoms with Gasteiger partial charge in [0.15, 0.2) is 11.7 Å². The standard InChI is InChI=1S/C17H17BrClF3N4O2/c1-28-7-6-23-16(27)14-13(19)15-24-11(9-2-4-10(18)5-3-9)8-12(17(20,21)22)26(15)25-14/h2-5,11-12,24H,6-8H2,1H3,(H,23,27)/t11-,12-/m1/s1. The molecule has 2 heterocycles. The molecular weight excluding hydrogens is 465 g/mol. The van der Waals surface area contributed by atoms with Gasteiger partial charge in [-0.2, -0.15) is 18.3 Å². The van der Waals surface area contributed by atoms with Crippen molar-refractivity contribution in [2.75, 3.05) is 25.6 Å². The van der Waals surface area contributed by atoms with Crippen LogP contribution in [0.2, 0.25) is 5.02 Å². The van der Waals surface area contributed by atoms with Crippen LogP contribution in [0.15, 0.2) is 28.7 Å². The maximum Gasteiger partial charge on any atom is 0.410 e. The van der Waals surface area contributed by atoms with Crippen molar-refractivity contribution in [1.82, 2.24) is 15.1 Å². The molecule has 2 aromatic rings. The molecule has 3 rings (SSSR count). The molecule has 2 atom stereocenters. The second-order valence-electron chi connectivity index (χ2n) is 6.25. The lowest BCUT2D eigenvalue weighted by atomic mass is 9.97. The average molecular weight is 482 g/mol. The summed E-state index contributed by atoms with van der Waals surface area (Å²) in [6.45, 7) is 0.442. The molecular formula is C17H17BrClF3N4O2. The van der Waals surface area contributed by atoms with Crippen LogP contribution in [0.5, 0.6) is 0 Å². The monoisotopic (exact) mass is 480 g/mol. The summed E-state index contributed by atoms with van der Waals surface area (Å²) in [5, 5.41) is 9.22. The van der Waals surface area contributed by atoms with Gasteiger partial charge in [-0.1, -0.05) is 39.7 Å². The fraction of sp³-hybridized carbons (Fsp3) is 0.412. The minimum atomic E-state index is -4.55. The Labute approximate surface area is 172 Å². The lowest BCUT2D eigenvalue weighted by Crippen LogP contribution is -2.36. The second-order valence-corrected chi connectivity index (χ2v) is 7.54. The normalized spacial score (nSPS) is 19.1. The van der Waals surface area contributed by atoms with Gasteiger partial charge in [-0.3, -0.25) is 4.79 Å². The Morgan fingerprint density at radius 2 is 2.11 bits per heavy atom. The Morgan fingerprint density at radius 1 is 1.43 bits per heavy atom. The first-order chi connectivity index (χ1) is 13.2. The lowest BCUT2D eigenvalue weighted by Gasteiger charge is -2.33. The van der Waals surface area contributed by atoms with Crippen LogP contribution in [0, 0.1) is 0 Å². The quantitative estimate of drug-likeness (QED) is 0.624. The largest absolute Gasteiger partial charge is 0.410 e. The van der Waals surface area contributed by atoms with Gasteiger partial charge in [0.1, 0.15) is 10.8 Å². The summed E-state index contributed by atoms with van der Waals surface area (Å²) in [7, 11) is 1.47. The van der Waals surface area contributed by atoms with Crippen LogP contribution < -0.4 is 10.6 Å². The summed E-state index contributed by atoms with van der Waals surface area (Å²) in [5.74, 6) is -0.688. The number of hydrogen-bond acceptors (Lipinski definition) is 4. The van der Waals surface area contributed by atoms with E-state index < -0.39 is 24.2 Å². The van der Waals surface area contributed by atoms with E-state index in [0.29, 0.717) is 5.56 Å². The Hall–Kier alpha value is -1.78. The number of halogens is 5. The molecule has 0 spiro atoms. The van der Waals surface area contributed by atoms with Crippen molar-refractivity contribution in [3.63, 3.8) is 0 Å². The third-order valence-corrected chi connectivity index (χ3v) is 5.26. The zero-order valence-corrected chi connectivity index (χ0v) is 17.0. The van der Waals surface area contributed by atoms with E-state index in [-0.39, 0.29) is 36.1 Å². The van der Waals surface area contributed by atoms with Gasteiger partial charge >= 0.3 is 6.18 Å². The van der Waals surface area contributed by atoms with Crippen LogP contribution >= 0.6 is 27.5 Å². The van der Waals surface area contributed by atoms with Gasteiger partial charge in [0, 0.05) is 24.5 Å². The minimum Gasteiger partial charge on any atom is -0.383 e. The minimum absolute atomic E-state index is 0.0277. The topological polar surface area (TPSA) is 68.2 Å². The van der Waals surface area contributed by atoms with Gasteiger partial charge in [-0.05, 0) is 17.7 Å². The van der Waals surface area contributed by atoms with E-state index in [1.54, 1.807) is 24.3 Å². The molecule has 2 N–H and O–H groups in total. The number of nitrogens with zero attached hydrogens (tertiary/aromatic N) is 2. The summed E-state index contributed by atoms with van der Waals surface area (Å²) >= 11 is 9.54. The number of carbonyl (C=O) groups is 1. The highest BCUT2D eigenvalue weighted by molar-refractivity contribution is 9.10. The Kier molecular flexibility index (Phi) is 6.21. The molecule has 1 aliphatic rings. The van der Waals surface area contributed by atoms with Crippen molar-refractivity contribution in [2.24, 2.45) is 0 Å². The molecule has 0 aliphatic carbocycles. The number of aromatic nitrogens is 2. The van der Waals surface area contributed by atoms with E-state index in [1.807, 2.05) is 0 Å². The van der Waals surface area contributed by atoms with Crippen LogP contribution in [-0.2, 0) is 4.74 Å². The molecule has 152 valence electrons. The first-order valence-corrected chi connectivity index (χ1v) is 9.53. The van der Waals surface area contributed by atoms with Gasteiger partial charge < -0.3 is 15.4 Å². The Bertz CT molecular complexity index is 857. The molecule has 6 nitrogen and oxygen atoms in total. The van der Waals surface area contributed by atoms with E-state index in [4.69, 9.17) is 16.3 Å². The van der Waals surface area contributed by atoms with Crippen LogP contribution in [0.4, 0.5) is 19.0 Å². The number of amides is 1. The van der Waals surface area contributed by atoms with E-state index in [9.17, 15) is 18.0 Å². The summed E-state index contributed by atoms with van der Waals surface area (Å²) < 4.78 is 47.5. The van der Waals surface area contributed by atoms with Gasteiger partial charge in [0.2, 0.25) is 0 Å². The fourth-order valence-electron chi connectivity index (χ4n) is 3.00. The van der Waals surface area contributed by atoms with Gasteiger partial charge in [-0.25, -0.2) is 4.68 Å². The number of alkyl halides is 3. The van der Waals surface area contributed by atoms with Crippen LogP contribution in [0.1, 0.15) is 34.6 Å². The molecule has 11 heteroatoms. The summed E-state index contributed by atoms with van der Waals surface area (Å²) in [5.41, 5.74) is 0.415. The highest BCUT2D eigenvalue weighted by Gasteiger charge is 2.47. The van der Waals surface area contributed by atoms with Crippen molar-refractivity contribution < 1.29 is 22.7 Å². The molecule has 1 aromatic carbocycles. The maximum atomic E-state index is 13.7. The van der Waals surface area contributed by atoms with E-state index >= 15 is 0 Å². The fourth-order valence-corrected chi connectivity index (χ4v) is 3.53. The molecule has 0 saturated carbocycles. The zero-order valence-electron chi connectivity index (χ0n) is 14.7. The highest BCUT2D eigenvalue weighted by Crippen LogP contribution is 2.46. The number of methoxy groups -OCH3 is 1. The molecule has 0 saturated heterocycles. The molecule has 1 aromatic heterocycles. The first kappa shape index (κ1) is 20.9. The predicted octanol–water partition coefficient (Wildman–Crippen LogP) is 4.34. The third-order valence-electron chi connectivity index (χ3n) is 4.37. The van der Waals surface area contributed by atoms with Gasteiger partial charge in [0.05, 0.1) is 12.6 Å². The number of anilines is 1. The Morgan fingerprint density at radius 3 is 2.71 bits per heavy atom. The summed E-state index contributed by atoms with van der Waals surface area (Å²) in [6.07, 6.45) is -4.83. The van der Waals surface area contributed by atoms with Crippen molar-refractivity contribution >= 4 is 39.3 Å². The van der Waals surface area contributed by atoms with Crippen molar-refractivity contribution in [1.29, 1.82) is 0 Å². The molecule has 0 bridgehead atoms. The molecule has 0 radical (unpaired) electrons. The van der Waals surface area contributed by atoms with E-state index in [2.05, 4.69) is 31.7 Å². The second kappa shape index (κ2) is 8.30. The van der Waals surface area contributed by atoms with Crippen molar-refractivity contribution in [3.8, 4) is 0 Å². The average Bonchev–Trinajstić information content (AvgIpc) is 2.98. The molecule has 28 heavy (non-hydrogen) atoms. The number of carbonyl (C=O) groups excluding carboxylic acids is 1. The number of benzene rings is 1. The number of rotatable bonds is 5. The van der Waals surface area contributed by atoms with Gasteiger partial charge in [0.25, 0.3) is 5.91 Å². The summed E-state index contributed by atoms with van der Waals surface area (Å²) in [4.78, 5) is 12.3. The van der Waals surface area contributed by atoms with Crippen LogP contribution in [-0.4, -0.2) is 42.1 Å². The maximum absolute atomic E-state index is 13.7. The van der Waals surface area contributed by atoms with Crippen molar-refractivity contribution in [2.45, 2.75) is 24.7 Å². The molecule has 1 aliphatic heterocycles. The number of ether oxygens (including phenoxy) is 1. The van der Waals surface area contributed by atoms with Gasteiger partial charge in [-0.15, -0.1) is 0 Å². The number of nitrogens with one attached hydrogen (secondary N) is 2. The van der Waals surface area contributed by atoms with E-state index in [0.717, 1.165) is 9.15 Å². The first-order valence-electron chi connectivity index (χ1n) is 8.36. The van der Waals surface area contributed by atoms with Crippen LogP contribution in [0.3, 0.4) is 0 Å². The summed E-state index contributed by atoms with van der Waals surface area (Å²) in [6, 6.07) is 4.42. The SMILES string of the molecule is COCCNC(=O)c1nn2c(c1Cl)N[C@@H](c1ccc(Br)cc1)C[C@@H]2C(F)(F)F. The predicted molar refractivity (Wildman–Crippen MR) is 102 cm³/mol.